The van der Waals surface area contributed by atoms with Gasteiger partial charge in [-0.1, -0.05) is 32.8 Å². The molecule has 138 valence electrons. The molecule has 0 radical (unpaired) electrons. The number of hydrogen-bond donors (Lipinski definition) is 1. The zero-order valence-corrected chi connectivity index (χ0v) is 16.2. The molecule has 2 rings (SSSR count). The van der Waals surface area contributed by atoms with Crippen LogP contribution < -0.4 is 10.1 Å². The van der Waals surface area contributed by atoms with Crippen LogP contribution in [0.5, 0.6) is 5.75 Å². The first-order valence-electron chi connectivity index (χ1n) is 9.60. The first kappa shape index (κ1) is 19.5. The molecular weight excluding hydrogens is 310 g/mol. The standard InChI is InChI=1S/C21H33N3O/c1-5-7-8-13-24(17(3)6-2)14-12-22-20-16-19(25-4)15-18-10-9-11-23-21(18)20/h9-11,15-17,22H,5-8,12-14H2,1-4H3. The Morgan fingerprint density at radius 1 is 1.20 bits per heavy atom. The number of anilines is 1. The highest BCUT2D eigenvalue weighted by Gasteiger charge is 2.12. The lowest BCUT2D eigenvalue weighted by Gasteiger charge is -2.28. The van der Waals surface area contributed by atoms with Gasteiger partial charge in [-0.05, 0) is 38.4 Å². The first-order valence-corrected chi connectivity index (χ1v) is 9.60. The molecule has 0 bridgehead atoms. The second-order valence-electron chi connectivity index (χ2n) is 6.68. The molecule has 1 heterocycles. The lowest BCUT2D eigenvalue weighted by Crippen LogP contribution is -2.37. The molecule has 0 spiro atoms. The molecule has 4 nitrogen and oxygen atoms in total. The number of benzene rings is 1. The average molecular weight is 344 g/mol. The van der Waals surface area contributed by atoms with Gasteiger partial charge in [0.05, 0.1) is 18.3 Å². The predicted molar refractivity (Wildman–Crippen MR) is 108 cm³/mol. The lowest BCUT2D eigenvalue weighted by atomic mass is 10.1. The lowest BCUT2D eigenvalue weighted by molar-refractivity contribution is 0.207. The van der Waals surface area contributed by atoms with Gasteiger partial charge in [0, 0.05) is 36.8 Å². The highest BCUT2D eigenvalue weighted by Crippen LogP contribution is 2.27. The summed E-state index contributed by atoms with van der Waals surface area (Å²) in [6.45, 7) is 10.00. The van der Waals surface area contributed by atoms with E-state index in [1.54, 1.807) is 7.11 Å². The minimum absolute atomic E-state index is 0.624. The smallest absolute Gasteiger partial charge is 0.121 e. The number of nitrogens with zero attached hydrogens (tertiary/aromatic N) is 2. The van der Waals surface area contributed by atoms with Crippen molar-refractivity contribution in [2.75, 3.05) is 32.1 Å². The Morgan fingerprint density at radius 3 is 2.76 bits per heavy atom. The fraction of sp³-hybridized carbons (Fsp3) is 0.571. The Hall–Kier alpha value is -1.81. The van der Waals surface area contributed by atoms with Crippen molar-refractivity contribution in [3.05, 3.63) is 30.5 Å². The van der Waals surface area contributed by atoms with E-state index >= 15 is 0 Å². The first-order chi connectivity index (χ1) is 12.2. The topological polar surface area (TPSA) is 37.4 Å². The molecular formula is C21H33N3O. The molecule has 0 aliphatic heterocycles. The fourth-order valence-electron chi connectivity index (χ4n) is 3.13. The normalized spacial score (nSPS) is 12.5. The van der Waals surface area contributed by atoms with E-state index < -0.39 is 0 Å². The molecule has 25 heavy (non-hydrogen) atoms. The summed E-state index contributed by atoms with van der Waals surface area (Å²) in [5, 5.41) is 4.68. The number of rotatable bonds is 11. The molecule has 0 amide bonds. The van der Waals surface area contributed by atoms with E-state index in [9.17, 15) is 0 Å². The molecule has 0 saturated carbocycles. The van der Waals surface area contributed by atoms with Crippen LogP contribution in [0.25, 0.3) is 10.9 Å². The van der Waals surface area contributed by atoms with Crippen molar-refractivity contribution < 1.29 is 4.74 Å². The van der Waals surface area contributed by atoms with Crippen molar-refractivity contribution in [1.29, 1.82) is 0 Å². The molecule has 0 aliphatic carbocycles. The predicted octanol–water partition coefficient (Wildman–Crippen LogP) is 4.95. The van der Waals surface area contributed by atoms with Gasteiger partial charge in [-0.15, -0.1) is 0 Å². The summed E-state index contributed by atoms with van der Waals surface area (Å²) in [4.78, 5) is 7.13. The van der Waals surface area contributed by atoms with E-state index in [1.807, 2.05) is 24.4 Å². The van der Waals surface area contributed by atoms with E-state index in [1.165, 1.54) is 32.2 Å². The van der Waals surface area contributed by atoms with Crippen LogP contribution in [0, 0.1) is 0 Å². The van der Waals surface area contributed by atoms with Crippen molar-refractivity contribution >= 4 is 16.6 Å². The van der Waals surface area contributed by atoms with Gasteiger partial charge in [0.2, 0.25) is 0 Å². The average Bonchev–Trinajstić information content (AvgIpc) is 2.65. The largest absolute Gasteiger partial charge is 0.497 e. The Kier molecular flexibility index (Phi) is 7.99. The number of ether oxygens (including phenoxy) is 1. The number of aromatic nitrogens is 1. The van der Waals surface area contributed by atoms with Crippen molar-refractivity contribution in [2.45, 2.75) is 52.5 Å². The highest BCUT2D eigenvalue weighted by atomic mass is 16.5. The van der Waals surface area contributed by atoms with Gasteiger partial charge in [-0.3, -0.25) is 9.88 Å². The van der Waals surface area contributed by atoms with Crippen molar-refractivity contribution in [2.24, 2.45) is 0 Å². The molecule has 1 unspecified atom stereocenters. The molecule has 1 aromatic carbocycles. The molecule has 0 saturated heterocycles. The zero-order chi connectivity index (χ0) is 18.1. The number of hydrogen-bond acceptors (Lipinski definition) is 4. The van der Waals surface area contributed by atoms with E-state index in [0.29, 0.717) is 6.04 Å². The fourth-order valence-corrected chi connectivity index (χ4v) is 3.13. The summed E-state index contributed by atoms with van der Waals surface area (Å²) in [5.74, 6) is 0.865. The van der Waals surface area contributed by atoms with E-state index in [0.717, 1.165) is 35.4 Å². The summed E-state index contributed by atoms with van der Waals surface area (Å²) >= 11 is 0. The molecule has 1 N–H and O–H groups in total. The van der Waals surface area contributed by atoms with E-state index in [4.69, 9.17) is 4.74 Å². The summed E-state index contributed by atoms with van der Waals surface area (Å²) in [6, 6.07) is 8.73. The minimum atomic E-state index is 0.624. The summed E-state index contributed by atoms with van der Waals surface area (Å²) in [7, 11) is 1.71. The molecule has 1 atom stereocenters. The monoisotopic (exact) mass is 343 g/mol. The number of unbranched alkanes of at least 4 members (excludes halogenated alkanes) is 2. The molecule has 2 aromatic rings. The van der Waals surface area contributed by atoms with Crippen molar-refractivity contribution in [3.63, 3.8) is 0 Å². The quantitative estimate of drug-likeness (QED) is 0.586. The second-order valence-corrected chi connectivity index (χ2v) is 6.68. The van der Waals surface area contributed by atoms with Gasteiger partial charge < -0.3 is 10.1 Å². The Bertz CT molecular complexity index is 644. The molecule has 0 fully saturated rings. The van der Waals surface area contributed by atoms with Gasteiger partial charge in [0.15, 0.2) is 0 Å². The maximum atomic E-state index is 5.43. The van der Waals surface area contributed by atoms with Gasteiger partial charge in [-0.25, -0.2) is 0 Å². The Labute approximate surface area is 152 Å². The van der Waals surface area contributed by atoms with Crippen LogP contribution in [-0.4, -0.2) is 42.7 Å². The van der Waals surface area contributed by atoms with Crippen LogP contribution in [0.3, 0.4) is 0 Å². The van der Waals surface area contributed by atoms with Crippen LogP contribution in [0.1, 0.15) is 46.5 Å². The van der Waals surface area contributed by atoms with Gasteiger partial charge in [0.25, 0.3) is 0 Å². The Morgan fingerprint density at radius 2 is 2.04 bits per heavy atom. The van der Waals surface area contributed by atoms with Crippen LogP contribution >= 0.6 is 0 Å². The van der Waals surface area contributed by atoms with Crippen LogP contribution in [0.15, 0.2) is 30.5 Å². The number of pyridine rings is 1. The van der Waals surface area contributed by atoms with Crippen molar-refractivity contribution in [1.82, 2.24) is 9.88 Å². The van der Waals surface area contributed by atoms with Crippen LogP contribution in [0.2, 0.25) is 0 Å². The van der Waals surface area contributed by atoms with Crippen LogP contribution in [0.4, 0.5) is 5.69 Å². The van der Waals surface area contributed by atoms with E-state index in [-0.39, 0.29) is 0 Å². The van der Waals surface area contributed by atoms with Crippen LogP contribution in [-0.2, 0) is 0 Å². The molecule has 0 aliphatic rings. The summed E-state index contributed by atoms with van der Waals surface area (Å²) < 4.78 is 5.43. The molecule has 1 aromatic heterocycles. The second kappa shape index (κ2) is 10.2. The maximum Gasteiger partial charge on any atom is 0.121 e. The third-order valence-electron chi connectivity index (χ3n) is 4.89. The van der Waals surface area contributed by atoms with Gasteiger partial charge >= 0.3 is 0 Å². The van der Waals surface area contributed by atoms with Gasteiger partial charge in [-0.2, -0.15) is 0 Å². The minimum Gasteiger partial charge on any atom is -0.497 e. The summed E-state index contributed by atoms with van der Waals surface area (Å²) in [6.07, 6.45) is 6.90. The number of nitrogens with one attached hydrogen (secondary N) is 1. The zero-order valence-electron chi connectivity index (χ0n) is 16.2. The third kappa shape index (κ3) is 5.60. The molecule has 4 heteroatoms. The summed E-state index contributed by atoms with van der Waals surface area (Å²) in [5.41, 5.74) is 2.05. The Balaban J connectivity index is 2.02. The SMILES string of the molecule is CCCCCN(CCNc1cc(OC)cc2cccnc12)C(C)CC. The highest BCUT2D eigenvalue weighted by molar-refractivity contribution is 5.91. The maximum absolute atomic E-state index is 5.43. The third-order valence-corrected chi connectivity index (χ3v) is 4.89. The number of fused-ring (bicyclic) bond motifs is 1. The van der Waals surface area contributed by atoms with Crippen molar-refractivity contribution in [3.8, 4) is 5.75 Å². The number of methoxy groups -OCH3 is 1. The van der Waals surface area contributed by atoms with E-state index in [2.05, 4.69) is 42.0 Å². The van der Waals surface area contributed by atoms with Gasteiger partial charge in [0.1, 0.15) is 5.75 Å².